The Hall–Kier alpha value is -0.630. The van der Waals surface area contributed by atoms with E-state index in [1.165, 1.54) is 12.0 Å². The van der Waals surface area contributed by atoms with Gasteiger partial charge < -0.3 is 0 Å². The van der Waals surface area contributed by atoms with Crippen LogP contribution in [0.5, 0.6) is 0 Å². The molecule has 70 valence electrons. The smallest absolute Gasteiger partial charge is 0.222 e. The first-order chi connectivity index (χ1) is 6.16. The molecular weight excluding hydrogens is 184 g/mol. The first-order valence-electron chi connectivity index (χ1n) is 4.68. The van der Waals surface area contributed by atoms with Gasteiger partial charge in [-0.2, -0.15) is 0 Å². The van der Waals surface area contributed by atoms with Crippen molar-refractivity contribution >= 4 is 11.6 Å². The molecule has 2 nitrogen and oxygen atoms in total. The van der Waals surface area contributed by atoms with Crippen LogP contribution in [0.2, 0.25) is 5.28 Å². The molecule has 1 atom stereocenters. The minimum Gasteiger partial charge on any atom is -0.223 e. The maximum Gasteiger partial charge on any atom is 0.222 e. The maximum absolute atomic E-state index is 5.80. The molecule has 0 amide bonds. The first-order valence-corrected chi connectivity index (χ1v) is 5.06. The zero-order chi connectivity index (χ0) is 9.42. The van der Waals surface area contributed by atoms with Crippen LogP contribution in [0.4, 0.5) is 0 Å². The molecule has 1 aromatic heterocycles. The summed E-state index contributed by atoms with van der Waals surface area (Å²) in [5.74, 6) is 0.760. The zero-order valence-corrected chi connectivity index (χ0v) is 8.73. The number of aryl methyl sites for hydroxylation is 2. The fourth-order valence-electron chi connectivity index (χ4n) is 1.92. The zero-order valence-electron chi connectivity index (χ0n) is 7.97. The van der Waals surface area contributed by atoms with Gasteiger partial charge in [-0.05, 0) is 49.3 Å². The Balaban J connectivity index is 2.47. The second-order valence-electron chi connectivity index (χ2n) is 3.85. The molecule has 1 unspecified atom stereocenters. The molecule has 2 rings (SSSR count). The maximum atomic E-state index is 5.80. The summed E-state index contributed by atoms with van der Waals surface area (Å²) in [5.41, 5.74) is 3.54. The predicted octanol–water partition coefficient (Wildman–Crippen LogP) is 2.56. The van der Waals surface area contributed by atoms with E-state index in [1.54, 1.807) is 0 Å². The molecular formula is C10H13ClN2. The van der Waals surface area contributed by atoms with Crippen LogP contribution >= 0.6 is 11.6 Å². The summed E-state index contributed by atoms with van der Waals surface area (Å²) in [6.07, 6.45) is 3.39. The average Bonchev–Trinajstić information content (AvgIpc) is 2.06. The summed E-state index contributed by atoms with van der Waals surface area (Å²) in [4.78, 5) is 8.44. The largest absolute Gasteiger partial charge is 0.223 e. The van der Waals surface area contributed by atoms with E-state index < -0.39 is 0 Å². The molecule has 0 saturated carbocycles. The van der Waals surface area contributed by atoms with Crippen LogP contribution in [0.1, 0.15) is 30.3 Å². The Morgan fingerprint density at radius 2 is 2.15 bits per heavy atom. The van der Waals surface area contributed by atoms with Crippen molar-refractivity contribution < 1.29 is 0 Å². The average molecular weight is 197 g/mol. The number of hydrogen-bond acceptors (Lipinski definition) is 2. The first kappa shape index (κ1) is 8.95. The minimum absolute atomic E-state index is 0.394. The van der Waals surface area contributed by atoms with Gasteiger partial charge in [-0.1, -0.05) is 6.92 Å². The Kier molecular flexibility index (Phi) is 2.24. The van der Waals surface area contributed by atoms with Gasteiger partial charge in [0.15, 0.2) is 0 Å². The monoisotopic (exact) mass is 196 g/mol. The highest BCUT2D eigenvalue weighted by molar-refractivity contribution is 6.28. The number of rotatable bonds is 0. The number of hydrogen-bond donors (Lipinski definition) is 0. The lowest BCUT2D eigenvalue weighted by molar-refractivity contribution is 0.489. The second-order valence-corrected chi connectivity index (χ2v) is 4.19. The van der Waals surface area contributed by atoms with Gasteiger partial charge in [0.1, 0.15) is 0 Å². The highest BCUT2D eigenvalue weighted by atomic mass is 35.5. The van der Waals surface area contributed by atoms with Crippen LogP contribution in [0.25, 0.3) is 0 Å². The van der Waals surface area contributed by atoms with Gasteiger partial charge in [0.05, 0.1) is 0 Å². The van der Waals surface area contributed by atoms with Gasteiger partial charge in [-0.3, -0.25) is 0 Å². The van der Waals surface area contributed by atoms with Crippen molar-refractivity contribution in [2.45, 2.75) is 33.1 Å². The van der Waals surface area contributed by atoms with E-state index in [1.807, 2.05) is 6.92 Å². The fraction of sp³-hybridized carbons (Fsp3) is 0.600. The molecule has 1 heterocycles. The molecule has 0 fully saturated rings. The standard InChI is InChI=1S/C10H13ClN2/c1-6-3-4-9-8(5-6)7(2)12-10(11)13-9/h6H,3-5H2,1-2H3. The molecule has 0 saturated heterocycles. The van der Waals surface area contributed by atoms with Crippen molar-refractivity contribution in [1.82, 2.24) is 9.97 Å². The van der Waals surface area contributed by atoms with Crippen LogP contribution < -0.4 is 0 Å². The third-order valence-electron chi connectivity index (χ3n) is 2.70. The highest BCUT2D eigenvalue weighted by Crippen LogP contribution is 2.26. The second kappa shape index (κ2) is 3.26. The molecule has 0 radical (unpaired) electrons. The third-order valence-corrected chi connectivity index (χ3v) is 2.87. The van der Waals surface area contributed by atoms with Gasteiger partial charge in [-0.15, -0.1) is 0 Å². The molecule has 13 heavy (non-hydrogen) atoms. The van der Waals surface area contributed by atoms with Gasteiger partial charge in [0, 0.05) is 11.4 Å². The minimum atomic E-state index is 0.394. The van der Waals surface area contributed by atoms with Crippen LogP contribution in [0.3, 0.4) is 0 Å². The molecule has 0 aromatic carbocycles. The van der Waals surface area contributed by atoms with E-state index in [4.69, 9.17) is 11.6 Å². The number of halogens is 1. The third kappa shape index (κ3) is 1.68. The molecule has 0 bridgehead atoms. The summed E-state index contributed by atoms with van der Waals surface area (Å²) in [5, 5.41) is 0.394. The van der Waals surface area contributed by atoms with E-state index >= 15 is 0 Å². The van der Waals surface area contributed by atoms with Crippen molar-refractivity contribution in [3.63, 3.8) is 0 Å². The Morgan fingerprint density at radius 3 is 2.92 bits per heavy atom. The van der Waals surface area contributed by atoms with E-state index in [2.05, 4.69) is 16.9 Å². The Labute approximate surface area is 83.4 Å². The summed E-state index contributed by atoms with van der Waals surface area (Å²) >= 11 is 5.80. The normalized spacial score (nSPS) is 21.3. The number of aromatic nitrogens is 2. The summed E-state index contributed by atoms with van der Waals surface area (Å²) in [7, 11) is 0. The van der Waals surface area contributed by atoms with E-state index in [0.717, 1.165) is 30.1 Å². The van der Waals surface area contributed by atoms with E-state index in [9.17, 15) is 0 Å². The molecule has 1 aliphatic rings. The fourth-order valence-corrected chi connectivity index (χ4v) is 2.15. The van der Waals surface area contributed by atoms with Crippen molar-refractivity contribution in [3.8, 4) is 0 Å². The van der Waals surface area contributed by atoms with Gasteiger partial charge in [0.2, 0.25) is 5.28 Å². The van der Waals surface area contributed by atoms with Crippen LogP contribution in [0, 0.1) is 12.8 Å². The van der Waals surface area contributed by atoms with Crippen molar-refractivity contribution in [3.05, 3.63) is 22.2 Å². The Morgan fingerprint density at radius 1 is 1.38 bits per heavy atom. The SMILES string of the molecule is Cc1nc(Cl)nc2c1CC(C)CC2. The van der Waals surface area contributed by atoms with Crippen molar-refractivity contribution in [2.24, 2.45) is 5.92 Å². The van der Waals surface area contributed by atoms with E-state index in [-0.39, 0.29) is 0 Å². The number of nitrogens with zero attached hydrogens (tertiary/aromatic N) is 2. The van der Waals surface area contributed by atoms with Gasteiger partial charge in [-0.25, -0.2) is 9.97 Å². The van der Waals surface area contributed by atoms with Crippen LogP contribution in [-0.4, -0.2) is 9.97 Å². The molecule has 3 heteroatoms. The summed E-state index contributed by atoms with van der Waals surface area (Å²) in [6, 6.07) is 0. The molecule has 1 aromatic rings. The van der Waals surface area contributed by atoms with Crippen molar-refractivity contribution in [1.29, 1.82) is 0 Å². The van der Waals surface area contributed by atoms with Crippen LogP contribution in [-0.2, 0) is 12.8 Å². The van der Waals surface area contributed by atoms with Gasteiger partial charge >= 0.3 is 0 Å². The number of fused-ring (bicyclic) bond motifs is 1. The summed E-state index contributed by atoms with van der Waals surface area (Å²) < 4.78 is 0. The molecule has 1 aliphatic carbocycles. The summed E-state index contributed by atoms with van der Waals surface area (Å²) in [6.45, 7) is 4.29. The topological polar surface area (TPSA) is 25.8 Å². The molecule has 0 N–H and O–H groups in total. The van der Waals surface area contributed by atoms with Crippen LogP contribution in [0.15, 0.2) is 0 Å². The van der Waals surface area contributed by atoms with E-state index in [0.29, 0.717) is 5.28 Å². The predicted molar refractivity (Wildman–Crippen MR) is 53.0 cm³/mol. The van der Waals surface area contributed by atoms with Gasteiger partial charge in [0.25, 0.3) is 0 Å². The lowest BCUT2D eigenvalue weighted by atomic mass is 9.87. The highest BCUT2D eigenvalue weighted by Gasteiger charge is 2.19. The molecule has 0 aliphatic heterocycles. The van der Waals surface area contributed by atoms with Crippen molar-refractivity contribution in [2.75, 3.05) is 0 Å². The quantitative estimate of drug-likeness (QED) is 0.596. The lowest BCUT2D eigenvalue weighted by Crippen LogP contribution is -2.15. The molecule has 0 spiro atoms. The lowest BCUT2D eigenvalue weighted by Gasteiger charge is -2.21. The Bertz CT molecular complexity index is 336.